The number of amides is 1. The Bertz CT molecular complexity index is 591. The third kappa shape index (κ3) is 4.75. The summed E-state index contributed by atoms with van der Waals surface area (Å²) in [6.45, 7) is 3.94. The molecule has 2 unspecified atom stereocenters. The van der Waals surface area contributed by atoms with Gasteiger partial charge < -0.3 is 10.6 Å². The summed E-state index contributed by atoms with van der Waals surface area (Å²) in [5.41, 5.74) is 0. The number of piperidine rings is 1. The van der Waals surface area contributed by atoms with Crippen LogP contribution in [0.15, 0.2) is 29.4 Å². The molecule has 1 aliphatic heterocycles. The number of sulfonamides is 1. The maximum Gasteiger partial charge on any atom is 0.242 e. The number of aromatic nitrogens is 1. The van der Waals surface area contributed by atoms with E-state index >= 15 is 0 Å². The van der Waals surface area contributed by atoms with Crippen LogP contribution in [0.25, 0.3) is 0 Å². The minimum Gasteiger partial charge on any atom is -0.353 e. The van der Waals surface area contributed by atoms with Gasteiger partial charge in [-0.15, -0.1) is 0 Å². The van der Waals surface area contributed by atoms with E-state index in [9.17, 15) is 13.2 Å². The average molecular weight is 326 g/mol. The number of hydrogen-bond acceptors (Lipinski definition) is 5. The average Bonchev–Trinajstić information content (AvgIpc) is 2.50. The monoisotopic (exact) mass is 326 g/mol. The highest BCUT2D eigenvalue weighted by Crippen LogP contribution is 2.10. The van der Waals surface area contributed by atoms with Crippen LogP contribution in [-0.4, -0.2) is 45.0 Å². The summed E-state index contributed by atoms with van der Waals surface area (Å²) in [5.74, 6) is 0.248. The molecular weight excluding hydrogens is 304 g/mol. The smallest absolute Gasteiger partial charge is 0.242 e. The second kappa shape index (κ2) is 7.66. The van der Waals surface area contributed by atoms with E-state index in [4.69, 9.17) is 0 Å². The molecule has 1 amide bonds. The highest BCUT2D eigenvalue weighted by molar-refractivity contribution is 7.89. The molecule has 22 heavy (non-hydrogen) atoms. The summed E-state index contributed by atoms with van der Waals surface area (Å²) in [5, 5.41) is 6.24. The normalized spacial score (nSPS) is 22.2. The Morgan fingerprint density at radius 1 is 1.50 bits per heavy atom. The van der Waals surface area contributed by atoms with Crippen LogP contribution in [0.4, 0.5) is 0 Å². The summed E-state index contributed by atoms with van der Waals surface area (Å²) in [6.07, 6.45) is 3.80. The zero-order valence-electron chi connectivity index (χ0n) is 12.6. The Balaban J connectivity index is 1.77. The van der Waals surface area contributed by atoms with Gasteiger partial charge in [0.2, 0.25) is 15.9 Å². The van der Waals surface area contributed by atoms with Crippen LogP contribution in [0.1, 0.15) is 19.8 Å². The van der Waals surface area contributed by atoms with E-state index in [1.807, 2.05) is 0 Å². The third-order valence-corrected chi connectivity index (χ3v) is 5.17. The molecule has 0 aliphatic carbocycles. The SMILES string of the molecule is CC1CNCCC1NC(=O)CCNS(=O)(=O)c1cccnc1. The third-order valence-electron chi connectivity index (χ3n) is 3.72. The summed E-state index contributed by atoms with van der Waals surface area (Å²) < 4.78 is 26.3. The second-order valence-corrected chi connectivity index (χ2v) is 7.25. The van der Waals surface area contributed by atoms with Crippen molar-refractivity contribution in [2.75, 3.05) is 19.6 Å². The Kier molecular flexibility index (Phi) is 5.87. The fraction of sp³-hybridized carbons (Fsp3) is 0.571. The topological polar surface area (TPSA) is 100 Å². The van der Waals surface area contributed by atoms with Crippen LogP contribution in [0.3, 0.4) is 0 Å². The lowest BCUT2D eigenvalue weighted by Crippen LogP contribution is -2.48. The van der Waals surface area contributed by atoms with Gasteiger partial charge in [0.15, 0.2) is 0 Å². The van der Waals surface area contributed by atoms with E-state index in [0.29, 0.717) is 5.92 Å². The number of carbonyl (C=O) groups excluding carboxylic acids is 1. The van der Waals surface area contributed by atoms with E-state index in [0.717, 1.165) is 19.5 Å². The van der Waals surface area contributed by atoms with Crippen molar-refractivity contribution in [3.63, 3.8) is 0 Å². The fourth-order valence-corrected chi connectivity index (χ4v) is 3.39. The van der Waals surface area contributed by atoms with Gasteiger partial charge >= 0.3 is 0 Å². The van der Waals surface area contributed by atoms with E-state index in [1.165, 1.54) is 18.5 Å². The lowest BCUT2D eigenvalue weighted by Gasteiger charge is -2.30. The first-order valence-corrected chi connectivity index (χ1v) is 8.87. The standard InChI is InChI=1S/C14H22N4O3S/c1-11-9-16-7-4-13(11)18-14(19)5-8-17-22(20,21)12-3-2-6-15-10-12/h2-3,6,10-11,13,16-17H,4-5,7-9H2,1H3,(H,18,19). The molecule has 2 atom stereocenters. The first-order valence-electron chi connectivity index (χ1n) is 7.39. The first kappa shape index (κ1) is 16.9. The Hall–Kier alpha value is -1.51. The number of hydrogen-bond donors (Lipinski definition) is 3. The summed E-state index contributed by atoms with van der Waals surface area (Å²) in [7, 11) is -3.60. The van der Waals surface area contributed by atoms with Gasteiger partial charge in [-0.2, -0.15) is 0 Å². The molecule has 2 rings (SSSR count). The van der Waals surface area contributed by atoms with Crippen LogP contribution < -0.4 is 15.4 Å². The predicted molar refractivity (Wildman–Crippen MR) is 82.6 cm³/mol. The van der Waals surface area contributed by atoms with Crippen molar-refractivity contribution in [3.8, 4) is 0 Å². The Morgan fingerprint density at radius 2 is 2.32 bits per heavy atom. The van der Waals surface area contributed by atoms with E-state index in [2.05, 4.69) is 27.3 Å². The lowest BCUT2D eigenvalue weighted by molar-refractivity contribution is -0.122. The Morgan fingerprint density at radius 3 is 3.00 bits per heavy atom. The van der Waals surface area contributed by atoms with Crippen LogP contribution in [-0.2, 0) is 14.8 Å². The van der Waals surface area contributed by atoms with Gasteiger partial charge in [-0.05, 0) is 37.6 Å². The second-order valence-electron chi connectivity index (χ2n) is 5.48. The van der Waals surface area contributed by atoms with Gasteiger partial charge in [0.1, 0.15) is 4.90 Å². The van der Waals surface area contributed by atoms with E-state index in [-0.39, 0.29) is 29.8 Å². The molecule has 1 aromatic rings. The highest BCUT2D eigenvalue weighted by Gasteiger charge is 2.22. The lowest BCUT2D eigenvalue weighted by atomic mass is 9.95. The zero-order chi connectivity index (χ0) is 16.0. The van der Waals surface area contributed by atoms with Crippen LogP contribution in [0.2, 0.25) is 0 Å². The maximum absolute atomic E-state index is 12.0. The number of nitrogens with one attached hydrogen (secondary N) is 3. The molecule has 0 radical (unpaired) electrons. The highest BCUT2D eigenvalue weighted by atomic mass is 32.2. The molecule has 0 saturated carbocycles. The quantitative estimate of drug-likeness (QED) is 0.676. The van der Waals surface area contributed by atoms with Crippen molar-refractivity contribution in [1.82, 2.24) is 20.3 Å². The molecule has 1 saturated heterocycles. The molecule has 0 spiro atoms. The largest absolute Gasteiger partial charge is 0.353 e. The number of carbonyl (C=O) groups is 1. The molecule has 7 nitrogen and oxygen atoms in total. The van der Waals surface area contributed by atoms with Gasteiger partial charge in [-0.25, -0.2) is 13.1 Å². The first-order chi connectivity index (χ1) is 10.5. The minimum atomic E-state index is -3.60. The molecule has 1 aromatic heterocycles. The van der Waals surface area contributed by atoms with Crippen LogP contribution in [0.5, 0.6) is 0 Å². The van der Waals surface area contributed by atoms with E-state index < -0.39 is 10.0 Å². The van der Waals surface area contributed by atoms with Gasteiger partial charge in [0.05, 0.1) is 0 Å². The Labute approximate surface area is 131 Å². The maximum atomic E-state index is 12.0. The van der Waals surface area contributed by atoms with Gasteiger partial charge in [0.25, 0.3) is 0 Å². The predicted octanol–water partition coefficient (Wildman–Crippen LogP) is -0.136. The molecule has 1 aliphatic rings. The molecule has 3 N–H and O–H groups in total. The number of pyridine rings is 1. The van der Waals surface area contributed by atoms with Crippen molar-refractivity contribution < 1.29 is 13.2 Å². The summed E-state index contributed by atoms with van der Waals surface area (Å²) in [6, 6.07) is 3.18. The molecule has 2 heterocycles. The number of rotatable bonds is 6. The summed E-state index contributed by atoms with van der Waals surface area (Å²) in [4.78, 5) is 15.8. The molecule has 0 aromatic carbocycles. The molecule has 1 fully saturated rings. The minimum absolute atomic E-state index is 0.0718. The van der Waals surface area contributed by atoms with Crippen molar-refractivity contribution in [1.29, 1.82) is 0 Å². The molecule has 122 valence electrons. The molecule has 0 bridgehead atoms. The molecular formula is C14H22N4O3S. The number of nitrogens with zero attached hydrogens (tertiary/aromatic N) is 1. The van der Waals surface area contributed by atoms with Crippen LogP contribution >= 0.6 is 0 Å². The van der Waals surface area contributed by atoms with Crippen LogP contribution in [0, 0.1) is 5.92 Å². The van der Waals surface area contributed by atoms with Crippen molar-refractivity contribution in [2.24, 2.45) is 5.92 Å². The van der Waals surface area contributed by atoms with Gasteiger partial charge in [-0.3, -0.25) is 9.78 Å². The van der Waals surface area contributed by atoms with Crippen molar-refractivity contribution in [2.45, 2.75) is 30.7 Å². The van der Waals surface area contributed by atoms with E-state index in [1.54, 1.807) is 6.07 Å². The fourth-order valence-electron chi connectivity index (χ4n) is 2.40. The van der Waals surface area contributed by atoms with Gasteiger partial charge in [-0.1, -0.05) is 6.92 Å². The molecule has 8 heteroatoms. The van der Waals surface area contributed by atoms with Gasteiger partial charge in [0, 0.05) is 31.4 Å². The zero-order valence-corrected chi connectivity index (χ0v) is 13.4. The van der Waals surface area contributed by atoms with Crippen molar-refractivity contribution >= 4 is 15.9 Å². The van der Waals surface area contributed by atoms with Crippen molar-refractivity contribution in [3.05, 3.63) is 24.5 Å². The summed E-state index contributed by atoms with van der Waals surface area (Å²) >= 11 is 0.